The fourth-order valence-corrected chi connectivity index (χ4v) is 4.64. The Morgan fingerprint density at radius 3 is 2.73 bits per heavy atom. The first kappa shape index (κ1) is 21.3. The number of rotatable bonds is 5. The number of carbonyl (C=O) groups excluding carboxylic acids is 1. The van der Waals surface area contributed by atoms with Gasteiger partial charge in [-0.15, -0.1) is 0 Å². The van der Waals surface area contributed by atoms with Crippen LogP contribution in [0.3, 0.4) is 0 Å². The standard InChI is InChI=1S/C22H24FIN4O2/c1-30-22(24)7-12-27(15-22)14-20(29)28-10-5-16(6-11-28)18-4-3-17(13-19(18)23)21-25-8-2-9-26-21/h2-5,8-9,13H,6-7,10-12,14-15H2,1H3/t22-/m0/s1. The molecular weight excluding hydrogens is 498 g/mol. The van der Waals surface area contributed by atoms with Crippen LogP contribution in [-0.4, -0.2) is 69.1 Å². The maximum absolute atomic E-state index is 14.8. The number of halogens is 2. The van der Waals surface area contributed by atoms with Crippen LogP contribution in [0.4, 0.5) is 4.39 Å². The van der Waals surface area contributed by atoms with Crippen molar-refractivity contribution in [2.24, 2.45) is 0 Å². The zero-order valence-electron chi connectivity index (χ0n) is 16.9. The van der Waals surface area contributed by atoms with Gasteiger partial charge in [0.25, 0.3) is 0 Å². The second-order valence-electron chi connectivity index (χ2n) is 7.63. The van der Waals surface area contributed by atoms with Crippen LogP contribution in [0.1, 0.15) is 18.4 Å². The average molecular weight is 522 g/mol. The van der Waals surface area contributed by atoms with Gasteiger partial charge in [-0.05, 0) is 53.1 Å². The molecule has 2 aromatic rings. The molecule has 1 amide bonds. The molecule has 158 valence electrons. The number of methoxy groups -OCH3 is 1. The SMILES string of the molecule is CO[C@@]1(I)CCN(CC(=O)N2CC=C(c3ccc(-c4ncccn4)cc3F)CC2)C1. The summed E-state index contributed by atoms with van der Waals surface area (Å²) in [5.74, 6) is 0.323. The average Bonchev–Trinajstić information content (AvgIpc) is 3.15. The van der Waals surface area contributed by atoms with E-state index in [1.165, 1.54) is 6.07 Å². The van der Waals surface area contributed by atoms with Gasteiger partial charge in [0.1, 0.15) is 9.43 Å². The minimum atomic E-state index is -0.291. The van der Waals surface area contributed by atoms with Crippen molar-refractivity contribution >= 4 is 34.1 Å². The molecule has 3 heterocycles. The van der Waals surface area contributed by atoms with E-state index >= 15 is 0 Å². The summed E-state index contributed by atoms with van der Waals surface area (Å²) < 4.78 is 20.1. The molecule has 0 bridgehead atoms. The van der Waals surface area contributed by atoms with Crippen molar-refractivity contribution in [3.05, 3.63) is 54.1 Å². The number of nitrogens with zero attached hydrogens (tertiary/aromatic N) is 4. The molecule has 0 unspecified atom stereocenters. The highest BCUT2D eigenvalue weighted by Gasteiger charge is 2.36. The molecule has 0 radical (unpaired) electrons. The van der Waals surface area contributed by atoms with E-state index in [-0.39, 0.29) is 15.3 Å². The fraction of sp³-hybridized carbons (Fsp3) is 0.409. The molecule has 0 aliphatic carbocycles. The van der Waals surface area contributed by atoms with Crippen molar-refractivity contribution in [2.45, 2.75) is 16.4 Å². The van der Waals surface area contributed by atoms with Crippen molar-refractivity contribution in [3.63, 3.8) is 0 Å². The first-order chi connectivity index (χ1) is 14.5. The number of benzene rings is 1. The van der Waals surface area contributed by atoms with Gasteiger partial charge in [0.05, 0.1) is 6.54 Å². The van der Waals surface area contributed by atoms with Gasteiger partial charge in [-0.3, -0.25) is 9.69 Å². The van der Waals surface area contributed by atoms with Crippen molar-refractivity contribution in [1.82, 2.24) is 19.8 Å². The lowest BCUT2D eigenvalue weighted by Crippen LogP contribution is -2.42. The van der Waals surface area contributed by atoms with Gasteiger partial charge in [-0.2, -0.15) is 0 Å². The van der Waals surface area contributed by atoms with Crippen molar-refractivity contribution in [2.75, 3.05) is 39.8 Å². The number of carbonyl (C=O) groups is 1. The number of ether oxygens (including phenoxy) is 1. The predicted molar refractivity (Wildman–Crippen MR) is 121 cm³/mol. The Labute approximate surface area is 189 Å². The highest BCUT2D eigenvalue weighted by atomic mass is 127. The molecule has 2 aliphatic rings. The van der Waals surface area contributed by atoms with Crippen molar-refractivity contribution < 1.29 is 13.9 Å². The van der Waals surface area contributed by atoms with Gasteiger partial charge >= 0.3 is 0 Å². The first-order valence-corrected chi connectivity index (χ1v) is 11.1. The topological polar surface area (TPSA) is 58.6 Å². The molecule has 2 aliphatic heterocycles. The zero-order valence-corrected chi connectivity index (χ0v) is 19.0. The fourth-order valence-electron chi connectivity index (χ4n) is 3.91. The largest absolute Gasteiger partial charge is 0.366 e. The summed E-state index contributed by atoms with van der Waals surface area (Å²) in [4.78, 5) is 25.0. The number of likely N-dealkylation sites (tertiary alicyclic amines) is 1. The maximum Gasteiger partial charge on any atom is 0.237 e. The Morgan fingerprint density at radius 2 is 2.10 bits per heavy atom. The summed E-state index contributed by atoms with van der Waals surface area (Å²) in [7, 11) is 1.72. The van der Waals surface area contributed by atoms with Gasteiger partial charge in [-0.25, -0.2) is 14.4 Å². The third kappa shape index (κ3) is 4.70. The van der Waals surface area contributed by atoms with Gasteiger partial charge < -0.3 is 9.64 Å². The molecule has 0 saturated carbocycles. The minimum Gasteiger partial charge on any atom is -0.366 e. The molecule has 1 atom stereocenters. The smallest absolute Gasteiger partial charge is 0.237 e. The summed E-state index contributed by atoms with van der Waals surface area (Å²) in [6, 6.07) is 6.82. The monoisotopic (exact) mass is 522 g/mol. The maximum atomic E-state index is 14.8. The lowest BCUT2D eigenvalue weighted by atomic mass is 9.97. The normalized spacial score (nSPS) is 22.2. The summed E-state index contributed by atoms with van der Waals surface area (Å²) in [5.41, 5.74) is 2.16. The molecule has 1 saturated heterocycles. The van der Waals surface area contributed by atoms with E-state index in [1.807, 2.05) is 17.0 Å². The molecule has 30 heavy (non-hydrogen) atoms. The van der Waals surface area contributed by atoms with E-state index in [9.17, 15) is 9.18 Å². The van der Waals surface area contributed by atoms with Crippen LogP contribution in [0.5, 0.6) is 0 Å². The Hall–Kier alpha value is -1.91. The van der Waals surface area contributed by atoms with Crippen LogP contribution in [0.2, 0.25) is 0 Å². The van der Waals surface area contributed by atoms with E-state index < -0.39 is 0 Å². The minimum absolute atomic E-state index is 0.110. The summed E-state index contributed by atoms with van der Waals surface area (Å²) >= 11 is 2.32. The quantitative estimate of drug-likeness (QED) is 0.446. The van der Waals surface area contributed by atoms with Crippen molar-refractivity contribution in [3.8, 4) is 11.4 Å². The van der Waals surface area contributed by atoms with E-state index in [1.54, 1.807) is 31.6 Å². The lowest BCUT2D eigenvalue weighted by molar-refractivity contribution is -0.131. The van der Waals surface area contributed by atoms with Gasteiger partial charge in [0.15, 0.2) is 5.82 Å². The number of hydrogen-bond donors (Lipinski definition) is 0. The Bertz CT molecular complexity index is 955. The molecule has 6 nitrogen and oxygen atoms in total. The van der Waals surface area contributed by atoms with E-state index in [0.29, 0.717) is 43.0 Å². The van der Waals surface area contributed by atoms with Gasteiger partial charge in [0, 0.05) is 56.8 Å². The molecule has 1 aromatic heterocycles. The molecule has 0 spiro atoms. The molecule has 8 heteroatoms. The van der Waals surface area contributed by atoms with Crippen LogP contribution in [0.25, 0.3) is 17.0 Å². The third-order valence-electron chi connectivity index (χ3n) is 5.69. The number of amides is 1. The molecular formula is C22H24FIN4O2. The molecule has 0 N–H and O–H groups in total. The van der Waals surface area contributed by atoms with Crippen LogP contribution in [0, 0.1) is 5.82 Å². The van der Waals surface area contributed by atoms with Crippen LogP contribution in [-0.2, 0) is 9.53 Å². The lowest BCUT2D eigenvalue weighted by Gasteiger charge is -2.29. The first-order valence-electron chi connectivity index (χ1n) is 9.98. The molecule has 1 fully saturated rings. The Kier molecular flexibility index (Phi) is 6.45. The van der Waals surface area contributed by atoms with E-state index in [0.717, 1.165) is 25.1 Å². The Morgan fingerprint density at radius 1 is 1.30 bits per heavy atom. The predicted octanol–water partition coefficient (Wildman–Crippen LogP) is 3.38. The number of aromatic nitrogens is 2. The Balaban J connectivity index is 1.38. The number of alkyl halides is 1. The number of hydrogen-bond acceptors (Lipinski definition) is 5. The van der Waals surface area contributed by atoms with Gasteiger partial charge in [0.2, 0.25) is 5.91 Å². The molecule has 1 aromatic carbocycles. The van der Waals surface area contributed by atoms with Gasteiger partial charge in [-0.1, -0.05) is 18.2 Å². The van der Waals surface area contributed by atoms with E-state index in [2.05, 4.69) is 37.5 Å². The van der Waals surface area contributed by atoms with E-state index in [4.69, 9.17) is 4.74 Å². The highest BCUT2D eigenvalue weighted by molar-refractivity contribution is 14.1. The summed E-state index contributed by atoms with van der Waals surface area (Å²) in [6.07, 6.45) is 6.80. The van der Waals surface area contributed by atoms with Crippen LogP contribution < -0.4 is 0 Å². The second-order valence-corrected chi connectivity index (χ2v) is 9.60. The molecule has 4 rings (SSSR count). The van der Waals surface area contributed by atoms with Crippen LogP contribution >= 0.6 is 22.6 Å². The zero-order chi connectivity index (χ0) is 21.1. The summed E-state index contributed by atoms with van der Waals surface area (Å²) in [5, 5.41) is 0. The third-order valence-corrected chi connectivity index (χ3v) is 7.01. The van der Waals surface area contributed by atoms with Crippen LogP contribution in [0.15, 0.2) is 42.7 Å². The summed E-state index contributed by atoms with van der Waals surface area (Å²) in [6.45, 7) is 3.12. The van der Waals surface area contributed by atoms with Crippen molar-refractivity contribution in [1.29, 1.82) is 0 Å². The highest BCUT2D eigenvalue weighted by Crippen LogP contribution is 2.32. The second kappa shape index (κ2) is 9.07.